The number of amides is 2. The van der Waals surface area contributed by atoms with E-state index in [1.165, 1.54) is 11.7 Å². The summed E-state index contributed by atoms with van der Waals surface area (Å²) >= 11 is 1.10. The second kappa shape index (κ2) is 9.08. The van der Waals surface area contributed by atoms with Crippen molar-refractivity contribution in [1.29, 1.82) is 0 Å². The largest absolute Gasteiger partial charge is 0.468 e. The fraction of sp³-hybridized carbons (Fsp3) is 0.421. The van der Waals surface area contributed by atoms with Gasteiger partial charge in [-0.1, -0.05) is 23.9 Å². The molecule has 2 heterocycles. The number of ether oxygens (including phenoxy) is 1. The van der Waals surface area contributed by atoms with E-state index in [-0.39, 0.29) is 40.7 Å². The second-order valence-corrected chi connectivity index (χ2v) is 7.67. The Balaban J connectivity index is 1.77. The monoisotopic (exact) mass is 418 g/mol. The summed E-state index contributed by atoms with van der Waals surface area (Å²) in [7, 11) is 1.24. The van der Waals surface area contributed by atoms with Crippen molar-refractivity contribution >= 4 is 40.4 Å². The maximum Gasteiger partial charge on any atom is 0.325 e. The van der Waals surface area contributed by atoms with E-state index < -0.39 is 5.97 Å². The predicted molar refractivity (Wildman–Crippen MR) is 107 cm³/mol. The molecule has 1 aromatic carbocycles. The molecule has 29 heavy (non-hydrogen) atoms. The van der Waals surface area contributed by atoms with E-state index in [2.05, 4.69) is 9.72 Å². The molecule has 0 unspecified atom stereocenters. The number of hydrogen-bond donors (Lipinski definition) is 1. The SMILES string of the molecule is COC(=O)Cn1c(SCC(=O)N2CCC(C(N)=O)CC2)nc2ccccc2c1=O. The lowest BCUT2D eigenvalue weighted by Gasteiger charge is -2.30. The van der Waals surface area contributed by atoms with E-state index in [9.17, 15) is 19.2 Å². The highest BCUT2D eigenvalue weighted by atomic mass is 32.2. The van der Waals surface area contributed by atoms with Crippen LogP contribution in [0.2, 0.25) is 0 Å². The van der Waals surface area contributed by atoms with Crippen molar-refractivity contribution in [2.45, 2.75) is 24.5 Å². The Kier molecular flexibility index (Phi) is 6.53. The molecule has 9 nitrogen and oxygen atoms in total. The number of nitrogens with two attached hydrogens (primary N) is 1. The summed E-state index contributed by atoms with van der Waals surface area (Å²) in [4.78, 5) is 54.5. The predicted octanol–water partition coefficient (Wildman–Crippen LogP) is 0.386. The summed E-state index contributed by atoms with van der Waals surface area (Å²) in [6.45, 7) is 0.647. The molecule has 0 bridgehead atoms. The number of benzene rings is 1. The highest BCUT2D eigenvalue weighted by Crippen LogP contribution is 2.21. The normalized spacial score (nSPS) is 14.7. The average Bonchev–Trinajstić information content (AvgIpc) is 2.74. The third-order valence-corrected chi connectivity index (χ3v) is 5.88. The van der Waals surface area contributed by atoms with E-state index in [0.29, 0.717) is 36.8 Å². The van der Waals surface area contributed by atoms with Crippen LogP contribution in [-0.4, -0.2) is 58.2 Å². The van der Waals surface area contributed by atoms with E-state index in [4.69, 9.17) is 5.73 Å². The summed E-state index contributed by atoms with van der Waals surface area (Å²) in [6.07, 6.45) is 1.10. The first kappa shape index (κ1) is 20.8. The van der Waals surface area contributed by atoms with Crippen LogP contribution < -0.4 is 11.3 Å². The van der Waals surface area contributed by atoms with E-state index in [0.717, 1.165) is 11.8 Å². The minimum Gasteiger partial charge on any atom is -0.468 e. The molecule has 2 N–H and O–H groups in total. The number of carbonyl (C=O) groups is 3. The topological polar surface area (TPSA) is 125 Å². The first-order valence-electron chi connectivity index (χ1n) is 9.17. The molecule has 2 aromatic rings. The summed E-state index contributed by atoms with van der Waals surface area (Å²) in [5.41, 5.74) is 5.46. The minimum absolute atomic E-state index is 0.0627. The molecule has 1 fully saturated rings. The summed E-state index contributed by atoms with van der Waals surface area (Å²) in [6, 6.07) is 6.84. The lowest BCUT2D eigenvalue weighted by Crippen LogP contribution is -2.42. The van der Waals surface area contributed by atoms with Crippen molar-refractivity contribution < 1.29 is 19.1 Å². The molecule has 3 rings (SSSR count). The standard InChI is InChI=1S/C19H22N4O5S/c1-28-16(25)10-23-18(27)13-4-2-3-5-14(13)21-19(23)29-11-15(24)22-8-6-12(7-9-22)17(20)26/h2-5,12H,6-11H2,1H3,(H2,20,26). The van der Waals surface area contributed by atoms with Gasteiger partial charge in [-0.2, -0.15) is 0 Å². The zero-order valence-electron chi connectivity index (χ0n) is 16.0. The zero-order valence-corrected chi connectivity index (χ0v) is 16.8. The Morgan fingerprint density at radius 3 is 2.59 bits per heavy atom. The fourth-order valence-corrected chi connectivity index (χ4v) is 4.12. The first-order chi connectivity index (χ1) is 13.9. The second-order valence-electron chi connectivity index (χ2n) is 6.73. The number of thioether (sulfide) groups is 1. The highest BCUT2D eigenvalue weighted by Gasteiger charge is 2.26. The number of aromatic nitrogens is 2. The van der Waals surface area contributed by atoms with Crippen LogP contribution in [0.1, 0.15) is 12.8 Å². The van der Waals surface area contributed by atoms with Crippen LogP contribution in [0.25, 0.3) is 10.9 Å². The lowest BCUT2D eigenvalue weighted by molar-refractivity contribution is -0.141. The van der Waals surface area contributed by atoms with Gasteiger partial charge in [0.15, 0.2) is 5.16 Å². The number of likely N-dealkylation sites (tertiary alicyclic amines) is 1. The zero-order chi connectivity index (χ0) is 21.0. The van der Waals surface area contributed by atoms with Gasteiger partial charge in [-0.3, -0.25) is 23.7 Å². The maximum absolute atomic E-state index is 12.8. The lowest BCUT2D eigenvalue weighted by atomic mass is 9.96. The van der Waals surface area contributed by atoms with Crippen molar-refractivity contribution in [3.63, 3.8) is 0 Å². The minimum atomic E-state index is -0.578. The van der Waals surface area contributed by atoms with Gasteiger partial charge in [0.2, 0.25) is 11.8 Å². The van der Waals surface area contributed by atoms with Crippen LogP contribution in [0.15, 0.2) is 34.2 Å². The van der Waals surface area contributed by atoms with Crippen LogP contribution in [0.5, 0.6) is 0 Å². The number of fused-ring (bicyclic) bond motifs is 1. The Bertz CT molecular complexity index is 998. The Morgan fingerprint density at radius 2 is 1.93 bits per heavy atom. The van der Waals surface area contributed by atoms with Crippen LogP contribution in [0.3, 0.4) is 0 Å². The number of nitrogens with zero attached hydrogens (tertiary/aromatic N) is 3. The first-order valence-corrected chi connectivity index (χ1v) is 10.2. The fourth-order valence-electron chi connectivity index (χ4n) is 3.22. The van der Waals surface area contributed by atoms with Crippen molar-refractivity contribution in [3.05, 3.63) is 34.6 Å². The van der Waals surface area contributed by atoms with Crippen molar-refractivity contribution in [2.75, 3.05) is 26.0 Å². The van der Waals surface area contributed by atoms with Crippen molar-refractivity contribution in [2.24, 2.45) is 11.7 Å². The maximum atomic E-state index is 12.8. The number of esters is 1. The number of piperidine rings is 1. The van der Waals surface area contributed by atoms with Gasteiger partial charge < -0.3 is 15.4 Å². The summed E-state index contributed by atoms with van der Waals surface area (Å²) < 4.78 is 5.91. The van der Waals surface area contributed by atoms with Gasteiger partial charge in [0.25, 0.3) is 5.56 Å². The van der Waals surface area contributed by atoms with E-state index in [1.54, 1.807) is 29.2 Å². The van der Waals surface area contributed by atoms with Gasteiger partial charge in [-0.25, -0.2) is 4.98 Å². The molecule has 2 amide bonds. The number of para-hydroxylation sites is 1. The van der Waals surface area contributed by atoms with Crippen LogP contribution in [0, 0.1) is 5.92 Å². The molecule has 10 heteroatoms. The number of hydrogen-bond acceptors (Lipinski definition) is 7. The molecule has 154 valence electrons. The van der Waals surface area contributed by atoms with Gasteiger partial charge in [0, 0.05) is 19.0 Å². The number of primary amides is 1. The molecule has 0 aliphatic carbocycles. The Hall–Kier alpha value is -2.88. The molecule has 1 aliphatic heterocycles. The molecule has 0 saturated carbocycles. The summed E-state index contributed by atoms with van der Waals surface area (Å²) in [5.74, 6) is -1.17. The quantitative estimate of drug-likeness (QED) is 0.409. The van der Waals surface area contributed by atoms with Gasteiger partial charge in [0.05, 0.1) is 23.8 Å². The van der Waals surface area contributed by atoms with Gasteiger partial charge >= 0.3 is 5.97 Å². The van der Waals surface area contributed by atoms with Crippen LogP contribution in [-0.2, 0) is 25.7 Å². The van der Waals surface area contributed by atoms with E-state index >= 15 is 0 Å². The molecule has 1 saturated heterocycles. The third-order valence-electron chi connectivity index (χ3n) is 4.92. The van der Waals surface area contributed by atoms with Crippen molar-refractivity contribution in [1.82, 2.24) is 14.5 Å². The number of methoxy groups -OCH3 is 1. The van der Waals surface area contributed by atoms with Gasteiger partial charge in [-0.05, 0) is 25.0 Å². The molecule has 0 radical (unpaired) electrons. The highest BCUT2D eigenvalue weighted by molar-refractivity contribution is 7.99. The summed E-state index contributed by atoms with van der Waals surface area (Å²) in [5, 5.41) is 0.667. The molecule has 1 aliphatic rings. The van der Waals surface area contributed by atoms with Crippen molar-refractivity contribution in [3.8, 4) is 0 Å². The van der Waals surface area contributed by atoms with E-state index in [1.807, 2.05) is 0 Å². The number of carbonyl (C=O) groups excluding carboxylic acids is 3. The van der Waals surface area contributed by atoms with Gasteiger partial charge in [-0.15, -0.1) is 0 Å². The molecule has 1 aromatic heterocycles. The number of rotatable bonds is 6. The smallest absolute Gasteiger partial charge is 0.325 e. The molecular weight excluding hydrogens is 396 g/mol. The Morgan fingerprint density at radius 1 is 1.24 bits per heavy atom. The van der Waals surface area contributed by atoms with Gasteiger partial charge in [0.1, 0.15) is 6.54 Å². The molecular formula is C19H22N4O5S. The Labute approximate surface area is 171 Å². The van der Waals surface area contributed by atoms with Crippen LogP contribution in [0.4, 0.5) is 0 Å². The average molecular weight is 418 g/mol. The third kappa shape index (κ3) is 4.76. The molecule has 0 atom stereocenters. The molecule has 0 spiro atoms. The van der Waals surface area contributed by atoms with Crippen LogP contribution >= 0.6 is 11.8 Å².